The Morgan fingerprint density at radius 3 is 2.75 bits per heavy atom. The average Bonchev–Trinajstić information content (AvgIpc) is 2.48. The van der Waals surface area contributed by atoms with Gasteiger partial charge >= 0.3 is 0 Å². The first-order chi connectivity index (χ1) is 5.66. The zero-order chi connectivity index (χ0) is 9.14. The van der Waals surface area contributed by atoms with Gasteiger partial charge in [-0.3, -0.25) is 5.41 Å². The molecule has 0 aromatic rings. The fraction of sp³-hybridized carbons (Fsp3) is 0.889. The molecule has 1 aliphatic rings. The highest BCUT2D eigenvalue weighted by molar-refractivity contribution is 5.78. The van der Waals surface area contributed by atoms with Crippen LogP contribution in [0, 0.1) is 5.41 Å². The minimum Gasteiger partial charge on any atom is -0.376 e. The Morgan fingerprint density at radius 1 is 1.67 bits per heavy atom. The summed E-state index contributed by atoms with van der Waals surface area (Å²) in [6.07, 6.45) is 2.14. The van der Waals surface area contributed by atoms with E-state index in [1.165, 1.54) is 0 Å². The topological polar surface area (TPSA) is 36.3 Å². The Labute approximate surface area is 74.2 Å². The second-order valence-corrected chi connectivity index (χ2v) is 3.34. The first kappa shape index (κ1) is 9.52. The maximum Gasteiger partial charge on any atom is 0.0955 e. The molecule has 0 radical (unpaired) electrons. The fourth-order valence-electron chi connectivity index (χ4n) is 1.68. The number of amidine groups is 1. The third kappa shape index (κ3) is 1.78. The Kier molecular flexibility index (Phi) is 3.09. The first-order valence-electron chi connectivity index (χ1n) is 4.58. The number of nitrogens with zero attached hydrogens (tertiary/aromatic N) is 1. The van der Waals surface area contributed by atoms with Crippen LogP contribution >= 0.6 is 0 Å². The lowest BCUT2D eigenvalue weighted by Crippen LogP contribution is -2.40. The Balaban J connectivity index is 2.51. The average molecular weight is 170 g/mol. The van der Waals surface area contributed by atoms with Crippen molar-refractivity contribution in [2.45, 2.75) is 38.8 Å². The molecule has 2 atom stereocenters. The third-order valence-electron chi connectivity index (χ3n) is 2.59. The third-order valence-corrected chi connectivity index (χ3v) is 2.59. The lowest BCUT2D eigenvalue weighted by Gasteiger charge is -2.28. The molecule has 1 fully saturated rings. The molecule has 0 aromatic heterocycles. The monoisotopic (exact) mass is 170 g/mol. The number of rotatable bonds is 2. The fourth-order valence-corrected chi connectivity index (χ4v) is 1.68. The van der Waals surface area contributed by atoms with Gasteiger partial charge in [-0.2, -0.15) is 0 Å². The molecule has 12 heavy (non-hydrogen) atoms. The number of hydrogen-bond donors (Lipinski definition) is 1. The van der Waals surface area contributed by atoms with E-state index in [1.807, 2.05) is 18.9 Å². The summed E-state index contributed by atoms with van der Waals surface area (Å²) in [4.78, 5) is 2.04. The van der Waals surface area contributed by atoms with Crippen LogP contribution in [0.5, 0.6) is 0 Å². The minimum absolute atomic E-state index is 0.280. The number of likely N-dealkylation sites (N-methyl/N-ethyl adjacent to an activating group) is 1. The molecule has 1 aliphatic heterocycles. The molecule has 0 saturated carbocycles. The number of hydrogen-bond acceptors (Lipinski definition) is 2. The van der Waals surface area contributed by atoms with Crippen molar-refractivity contribution >= 4 is 5.84 Å². The quantitative estimate of drug-likeness (QED) is 0.503. The second-order valence-electron chi connectivity index (χ2n) is 3.34. The smallest absolute Gasteiger partial charge is 0.0955 e. The van der Waals surface area contributed by atoms with Gasteiger partial charge in [0, 0.05) is 20.1 Å². The first-order valence-corrected chi connectivity index (χ1v) is 4.58. The summed E-state index contributed by atoms with van der Waals surface area (Å²) in [5.74, 6) is 0.706. The summed E-state index contributed by atoms with van der Waals surface area (Å²) >= 11 is 0. The van der Waals surface area contributed by atoms with E-state index in [0.29, 0.717) is 11.9 Å². The van der Waals surface area contributed by atoms with Crippen molar-refractivity contribution in [2.75, 3.05) is 13.7 Å². The van der Waals surface area contributed by atoms with Crippen LogP contribution in [0.2, 0.25) is 0 Å². The van der Waals surface area contributed by atoms with Crippen LogP contribution in [0.1, 0.15) is 26.7 Å². The van der Waals surface area contributed by atoms with E-state index in [4.69, 9.17) is 10.1 Å². The number of nitrogens with one attached hydrogen (secondary N) is 1. The molecule has 2 unspecified atom stereocenters. The maximum absolute atomic E-state index is 7.67. The number of ether oxygens (including phenoxy) is 1. The van der Waals surface area contributed by atoms with Gasteiger partial charge in [-0.25, -0.2) is 0 Å². The van der Waals surface area contributed by atoms with Crippen LogP contribution < -0.4 is 0 Å². The summed E-state index contributed by atoms with van der Waals surface area (Å²) in [6, 6.07) is 0.414. The van der Waals surface area contributed by atoms with E-state index in [2.05, 4.69) is 6.92 Å². The molecule has 0 aromatic carbocycles. The molecule has 1 heterocycles. The van der Waals surface area contributed by atoms with E-state index in [9.17, 15) is 0 Å². The van der Waals surface area contributed by atoms with E-state index >= 15 is 0 Å². The predicted molar refractivity (Wildman–Crippen MR) is 49.6 cm³/mol. The highest BCUT2D eigenvalue weighted by Gasteiger charge is 2.28. The zero-order valence-electron chi connectivity index (χ0n) is 8.13. The van der Waals surface area contributed by atoms with Gasteiger partial charge in [0.2, 0.25) is 0 Å². The van der Waals surface area contributed by atoms with Crippen LogP contribution in [0.25, 0.3) is 0 Å². The van der Waals surface area contributed by atoms with Crippen molar-refractivity contribution in [3.8, 4) is 0 Å². The van der Waals surface area contributed by atoms with Crippen molar-refractivity contribution in [3.63, 3.8) is 0 Å². The molecule has 0 aliphatic carbocycles. The Morgan fingerprint density at radius 2 is 2.33 bits per heavy atom. The van der Waals surface area contributed by atoms with Gasteiger partial charge in [-0.1, -0.05) is 6.92 Å². The van der Waals surface area contributed by atoms with Gasteiger partial charge in [-0.15, -0.1) is 0 Å². The highest BCUT2D eigenvalue weighted by Crippen LogP contribution is 2.18. The molecular weight excluding hydrogens is 152 g/mol. The molecular formula is C9H18N2O. The van der Waals surface area contributed by atoms with Gasteiger partial charge in [0.15, 0.2) is 0 Å². The lowest BCUT2D eigenvalue weighted by molar-refractivity contribution is 0.0994. The summed E-state index contributed by atoms with van der Waals surface area (Å²) in [5.41, 5.74) is 0. The van der Waals surface area contributed by atoms with Gasteiger partial charge in [-0.05, 0) is 13.3 Å². The standard InChI is InChI=1S/C9H18N2O/c1-4-9(10)11(3)8-5-6-12-7(8)2/h7-8,10H,4-6H2,1-3H3. The van der Waals surface area contributed by atoms with Crippen LogP contribution in [0.15, 0.2) is 0 Å². The van der Waals surface area contributed by atoms with Crippen LogP contribution in [0.3, 0.4) is 0 Å². The van der Waals surface area contributed by atoms with Crippen molar-refractivity contribution in [3.05, 3.63) is 0 Å². The summed E-state index contributed by atoms with van der Waals surface area (Å²) in [6.45, 7) is 4.93. The van der Waals surface area contributed by atoms with Gasteiger partial charge in [0.05, 0.1) is 18.0 Å². The molecule has 0 spiro atoms. The van der Waals surface area contributed by atoms with E-state index in [1.54, 1.807) is 0 Å². The molecule has 1 saturated heterocycles. The molecule has 0 bridgehead atoms. The largest absolute Gasteiger partial charge is 0.376 e. The predicted octanol–water partition coefficient (Wildman–Crippen LogP) is 1.48. The Bertz CT molecular complexity index is 170. The van der Waals surface area contributed by atoms with Crippen molar-refractivity contribution in [1.29, 1.82) is 5.41 Å². The summed E-state index contributed by atoms with van der Waals surface area (Å²) in [7, 11) is 1.99. The highest BCUT2D eigenvalue weighted by atomic mass is 16.5. The molecule has 0 amide bonds. The molecule has 1 N–H and O–H groups in total. The van der Waals surface area contributed by atoms with Crippen molar-refractivity contribution < 1.29 is 4.74 Å². The zero-order valence-corrected chi connectivity index (χ0v) is 8.13. The van der Waals surface area contributed by atoms with Crippen LogP contribution in [-0.2, 0) is 4.74 Å². The van der Waals surface area contributed by atoms with Crippen LogP contribution in [0.4, 0.5) is 0 Å². The van der Waals surface area contributed by atoms with Gasteiger partial charge in [0.25, 0.3) is 0 Å². The van der Waals surface area contributed by atoms with Crippen LogP contribution in [-0.4, -0.2) is 36.5 Å². The van der Waals surface area contributed by atoms with E-state index < -0.39 is 0 Å². The molecule has 70 valence electrons. The van der Waals surface area contributed by atoms with Crippen molar-refractivity contribution in [1.82, 2.24) is 4.90 Å². The van der Waals surface area contributed by atoms with Gasteiger partial charge < -0.3 is 9.64 Å². The molecule has 3 nitrogen and oxygen atoms in total. The SMILES string of the molecule is CCC(=N)N(C)C1CCOC1C. The Hall–Kier alpha value is -0.570. The summed E-state index contributed by atoms with van der Waals surface area (Å²) in [5, 5.41) is 7.67. The van der Waals surface area contributed by atoms with E-state index in [-0.39, 0.29) is 6.10 Å². The summed E-state index contributed by atoms with van der Waals surface area (Å²) < 4.78 is 5.44. The van der Waals surface area contributed by atoms with Crippen molar-refractivity contribution in [2.24, 2.45) is 0 Å². The van der Waals surface area contributed by atoms with E-state index in [0.717, 1.165) is 19.4 Å². The molecule has 1 rings (SSSR count). The molecule has 3 heteroatoms. The lowest BCUT2D eigenvalue weighted by atomic mass is 10.1. The normalized spacial score (nSPS) is 28.9. The van der Waals surface area contributed by atoms with Gasteiger partial charge in [0.1, 0.15) is 0 Å². The minimum atomic E-state index is 0.280. The maximum atomic E-state index is 7.67. The second kappa shape index (κ2) is 3.90.